The number of anilines is 1. The van der Waals surface area contributed by atoms with Gasteiger partial charge in [0.15, 0.2) is 0 Å². The molecule has 188 valence electrons. The highest BCUT2D eigenvalue weighted by atomic mass is 35.5. The predicted octanol–water partition coefficient (Wildman–Crippen LogP) is 6.35. The summed E-state index contributed by atoms with van der Waals surface area (Å²) in [5, 5.41) is 0.153. The van der Waals surface area contributed by atoms with E-state index in [9.17, 15) is 13.2 Å². The number of esters is 1. The molecule has 3 aromatic rings. The number of rotatable bonds is 6. The Morgan fingerprint density at radius 2 is 1.78 bits per heavy atom. The van der Waals surface area contributed by atoms with Gasteiger partial charge in [0.2, 0.25) is 5.95 Å². The molecule has 7 nitrogen and oxygen atoms in total. The average molecular weight is 526 g/mol. The van der Waals surface area contributed by atoms with Crippen molar-refractivity contribution >= 4 is 39.6 Å². The summed E-state index contributed by atoms with van der Waals surface area (Å²) in [5.74, 6) is -0.785. The molecule has 1 aliphatic carbocycles. The highest BCUT2D eigenvalue weighted by molar-refractivity contribution is 7.92. The molecule has 0 amide bonds. The van der Waals surface area contributed by atoms with Crippen LogP contribution in [0.5, 0.6) is 0 Å². The molecule has 0 saturated heterocycles. The minimum absolute atomic E-state index is 0.115. The van der Waals surface area contributed by atoms with E-state index in [4.69, 9.17) is 16.3 Å². The van der Waals surface area contributed by atoms with Gasteiger partial charge in [-0.1, -0.05) is 53.9 Å². The Balaban J connectivity index is 1.76. The number of ether oxygens (including phenoxy) is 1. The van der Waals surface area contributed by atoms with Crippen LogP contribution in [-0.2, 0) is 14.8 Å². The number of methoxy groups -OCH3 is 1. The summed E-state index contributed by atoms with van der Waals surface area (Å²) in [4.78, 5) is 20.5. The van der Waals surface area contributed by atoms with Crippen molar-refractivity contribution in [3.63, 3.8) is 0 Å². The smallest absolute Gasteiger partial charge is 0.337 e. The third kappa shape index (κ3) is 5.60. The van der Waals surface area contributed by atoms with Crippen molar-refractivity contribution in [1.29, 1.82) is 0 Å². The lowest BCUT2D eigenvalue weighted by Gasteiger charge is -2.17. The van der Waals surface area contributed by atoms with E-state index in [2.05, 4.69) is 20.8 Å². The fraction of sp³-hybridized carbons (Fsp3) is 0.296. The molecular weight excluding hydrogens is 498 g/mol. The van der Waals surface area contributed by atoms with Crippen LogP contribution in [0, 0.1) is 13.8 Å². The van der Waals surface area contributed by atoms with E-state index in [0.29, 0.717) is 11.3 Å². The molecule has 1 fully saturated rings. The van der Waals surface area contributed by atoms with Crippen molar-refractivity contribution in [2.24, 2.45) is 0 Å². The van der Waals surface area contributed by atoms with Crippen LogP contribution in [0.1, 0.15) is 59.2 Å². The van der Waals surface area contributed by atoms with Crippen molar-refractivity contribution in [1.82, 2.24) is 9.97 Å². The van der Waals surface area contributed by atoms with E-state index in [-0.39, 0.29) is 21.6 Å². The van der Waals surface area contributed by atoms with Crippen LogP contribution < -0.4 is 4.72 Å². The van der Waals surface area contributed by atoms with Gasteiger partial charge in [-0.05, 0) is 68.9 Å². The second-order valence-corrected chi connectivity index (χ2v) is 10.9. The minimum atomic E-state index is -4.10. The van der Waals surface area contributed by atoms with Crippen LogP contribution in [0.3, 0.4) is 0 Å². The molecule has 36 heavy (non-hydrogen) atoms. The lowest BCUT2D eigenvalue weighted by atomic mass is 9.90. The number of nitrogens with one attached hydrogen (secondary N) is 1. The standard InChI is InChI=1S/C27H28ClN3O4S/c1-17-9-7-12-20(15-19-10-5-4-6-11-19)23(17)24-18(2)25(28)30-27(29-24)31-36(33,34)22-14-8-13-21(16-22)26(32)35-3/h7-9,12-16H,4-6,10-11H2,1-3H3,(H,29,30,31). The molecule has 1 saturated carbocycles. The lowest BCUT2D eigenvalue weighted by Crippen LogP contribution is -2.16. The largest absolute Gasteiger partial charge is 0.465 e. The number of hydrogen-bond acceptors (Lipinski definition) is 6. The number of hydrogen-bond donors (Lipinski definition) is 1. The zero-order valence-electron chi connectivity index (χ0n) is 20.5. The SMILES string of the molecule is COC(=O)c1cccc(S(=O)(=O)Nc2nc(Cl)c(C)c(-c3c(C)cccc3C=C3CCCCC3)n2)c1. The highest BCUT2D eigenvalue weighted by Crippen LogP contribution is 2.35. The number of aryl methyl sites for hydroxylation is 1. The third-order valence-corrected chi connectivity index (χ3v) is 7.97. The molecule has 2 aromatic carbocycles. The van der Waals surface area contributed by atoms with E-state index in [1.165, 1.54) is 56.2 Å². The monoisotopic (exact) mass is 525 g/mol. The Morgan fingerprint density at radius 3 is 2.50 bits per heavy atom. The van der Waals surface area contributed by atoms with E-state index in [0.717, 1.165) is 29.5 Å². The van der Waals surface area contributed by atoms with Crippen molar-refractivity contribution in [3.05, 3.63) is 75.4 Å². The van der Waals surface area contributed by atoms with Gasteiger partial charge in [-0.15, -0.1) is 0 Å². The Kier molecular flexibility index (Phi) is 7.76. The first-order valence-corrected chi connectivity index (χ1v) is 13.6. The number of nitrogens with zero attached hydrogens (tertiary/aromatic N) is 2. The van der Waals surface area contributed by atoms with E-state index >= 15 is 0 Å². The molecule has 0 unspecified atom stereocenters. The van der Waals surface area contributed by atoms with Crippen LogP contribution in [-0.4, -0.2) is 31.5 Å². The Labute approximate surface area is 216 Å². The second-order valence-electron chi connectivity index (χ2n) is 8.84. The maximum Gasteiger partial charge on any atom is 0.337 e. The van der Waals surface area contributed by atoms with Gasteiger partial charge in [0.25, 0.3) is 10.0 Å². The van der Waals surface area contributed by atoms with Gasteiger partial charge in [0.1, 0.15) is 5.15 Å². The Hall–Kier alpha value is -3.23. The molecule has 4 rings (SSSR count). The average Bonchev–Trinajstić information content (AvgIpc) is 2.86. The molecule has 0 atom stereocenters. The van der Waals surface area contributed by atoms with Crippen molar-refractivity contribution in [2.45, 2.75) is 50.8 Å². The number of benzene rings is 2. The van der Waals surface area contributed by atoms with Crippen LogP contribution >= 0.6 is 11.6 Å². The fourth-order valence-electron chi connectivity index (χ4n) is 4.37. The first kappa shape index (κ1) is 25.9. The molecule has 1 heterocycles. The van der Waals surface area contributed by atoms with Gasteiger partial charge in [0.05, 0.1) is 23.3 Å². The molecular formula is C27H28ClN3O4S. The summed E-state index contributed by atoms with van der Waals surface area (Å²) in [6.45, 7) is 3.82. The quantitative estimate of drug-likeness (QED) is 0.297. The van der Waals surface area contributed by atoms with Gasteiger partial charge >= 0.3 is 5.97 Å². The van der Waals surface area contributed by atoms with Crippen LogP contribution in [0.15, 0.2) is 52.9 Å². The number of carbonyl (C=O) groups is 1. The van der Waals surface area contributed by atoms with Crippen LogP contribution in [0.25, 0.3) is 17.3 Å². The zero-order valence-corrected chi connectivity index (χ0v) is 22.0. The molecule has 0 bridgehead atoms. The molecule has 1 aromatic heterocycles. The number of aromatic nitrogens is 2. The molecule has 0 radical (unpaired) electrons. The van der Waals surface area contributed by atoms with E-state index < -0.39 is 16.0 Å². The molecule has 1 aliphatic rings. The number of sulfonamides is 1. The minimum Gasteiger partial charge on any atom is -0.465 e. The van der Waals surface area contributed by atoms with Gasteiger partial charge in [0, 0.05) is 11.1 Å². The summed E-state index contributed by atoms with van der Waals surface area (Å²) in [7, 11) is -2.87. The first-order chi connectivity index (χ1) is 17.2. The molecule has 0 aliphatic heterocycles. The topological polar surface area (TPSA) is 98.2 Å². The normalized spacial score (nSPS) is 13.8. The van der Waals surface area contributed by atoms with Crippen molar-refractivity contribution in [3.8, 4) is 11.3 Å². The summed E-state index contributed by atoms with van der Waals surface area (Å²) in [6.07, 6.45) is 8.01. The fourth-order valence-corrected chi connectivity index (χ4v) is 5.53. The van der Waals surface area contributed by atoms with E-state index in [1.807, 2.05) is 32.0 Å². The van der Waals surface area contributed by atoms with Gasteiger partial charge in [-0.2, -0.15) is 4.98 Å². The van der Waals surface area contributed by atoms with Crippen LogP contribution in [0.2, 0.25) is 5.15 Å². The van der Waals surface area contributed by atoms with Gasteiger partial charge < -0.3 is 4.74 Å². The Morgan fingerprint density at radius 1 is 1.06 bits per heavy atom. The van der Waals surface area contributed by atoms with Crippen molar-refractivity contribution < 1.29 is 17.9 Å². The number of carbonyl (C=O) groups excluding carboxylic acids is 1. The number of halogens is 1. The summed E-state index contributed by atoms with van der Waals surface area (Å²) in [6, 6.07) is 11.6. The highest BCUT2D eigenvalue weighted by Gasteiger charge is 2.22. The predicted molar refractivity (Wildman–Crippen MR) is 142 cm³/mol. The molecule has 9 heteroatoms. The van der Waals surface area contributed by atoms with Crippen molar-refractivity contribution in [2.75, 3.05) is 11.8 Å². The van der Waals surface area contributed by atoms with Gasteiger partial charge in [-0.3, -0.25) is 0 Å². The molecule has 1 N–H and O–H groups in total. The Bertz CT molecular complexity index is 1440. The lowest BCUT2D eigenvalue weighted by molar-refractivity contribution is 0.0600. The maximum absolute atomic E-state index is 13.1. The summed E-state index contributed by atoms with van der Waals surface area (Å²) in [5.41, 5.74) is 5.65. The maximum atomic E-state index is 13.1. The zero-order chi connectivity index (χ0) is 25.9. The number of allylic oxidation sites excluding steroid dienone is 1. The summed E-state index contributed by atoms with van der Waals surface area (Å²) < 4.78 is 33.3. The van der Waals surface area contributed by atoms with E-state index in [1.54, 1.807) is 0 Å². The summed E-state index contributed by atoms with van der Waals surface area (Å²) >= 11 is 6.46. The van der Waals surface area contributed by atoms with Crippen LogP contribution in [0.4, 0.5) is 5.95 Å². The van der Waals surface area contributed by atoms with Gasteiger partial charge in [-0.25, -0.2) is 22.9 Å². The second kappa shape index (κ2) is 10.8. The first-order valence-electron chi connectivity index (χ1n) is 11.7. The third-order valence-electron chi connectivity index (χ3n) is 6.27. The molecule has 0 spiro atoms.